The molecule has 5 nitrogen and oxygen atoms in total. The molecule has 0 unspecified atom stereocenters. The Labute approximate surface area is 98.6 Å². The molecule has 0 atom stereocenters. The van der Waals surface area contributed by atoms with Gasteiger partial charge in [-0.1, -0.05) is 6.07 Å². The van der Waals surface area contributed by atoms with Crippen molar-refractivity contribution in [2.24, 2.45) is 0 Å². The summed E-state index contributed by atoms with van der Waals surface area (Å²) in [6.07, 6.45) is 0. The van der Waals surface area contributed by atoms with E-state index < -0.39 is 5.97 Å². The Hall–Kier alpha value is -2.04. The molecule has 1 aromatic carbocycles. The first-order chi connectivity index (χ1) is 7.99. The Balaban J connectivity index is 2.50. The fourth-order valence-electron chi connectivity index (χ4n) is 1.97. The molecule has 1 aliphatic heterocycles. The molecule has 90 valence electrons. The van der Waals surface area contributed by atoms with E-state index in [4.69, 9.17) is 9.84 Å². The second-order valence-electron chi connectivity index (χ2n) is 4.09. The van der Waals surface area contributed by atoms with Crippen LogP contribution in [0.4, 0.5) is 5.69 Å². The number of anilines is 1. The number of aryl methyl sites for hydroxylation is 2. The number of carbonyl (C=O) groups excluding carboxylic acids is 1. The van der Waals surface area contributed by atoms with Crippen molar-refractivity contribution in [3.05, 3.63) is 23.3 Å². The normalized spacial score (nSPS) is 14.2. The molecule has 17 heavy (non-hydrogen) atoms. The highest BCUT2D eigenvalue weighted by Gasteiger charge is 2.28. The molecule has 0 aromatic heterocycles. The summed E-state index contributed by atoms with van der Waals surface area (Å²) in [6, 6.07) is 3.70. The largest absolute Gasteiger partial charge is 0.481 e. The highest BCUT2D eigenvalue weighted by atomic mass is 16.5. The van der Waals surface area contributed by atoms with E-state index in [1.165, 1.54) is 4.90 Å². The maximum Gasteiger partial charge on any atom is 0.323 e. The van der Waals surface area contributed by atoms with Gasteiger partial charge in [-0.25, -0.2) is 0 Å². The third-order valence-corrected chi connectivity index (χ3v) is 2.62. The van der Waals surface area contributed by atoms with E-state index in [1.54, 1.807) is 6.07 Å². The second kappa shape index (κ2) is 4.08. The van der Waals surface area contributed by atoms with E-state index in [9.17, 15) is 9.59 Å². The number of hydrogen-bond acceptors (Lipinski definition) is 3. The fourth-order valence-corrected chi connectivity index (χ4v) is 1.97. The molecule has 1 aliphatic rings. The number of amides is 1. The number of aliphatic carboxylic acids is 1. The molecule has 0 fully saturated rings. The van der Waals surface area contributed by atoms with Gasteiger partial charge in [-0.3, -0.25) is 14.5 Å². The number of carbonyl (C=O) groups is 2. The van der Waals surface area contributed by atoms with Crippen LogP contribution in [0.25, 0.3) is 0 Å². The first-order valence-electron chi connectivity index (χ1n) is 5.25. The van der Waals surface area contributed by atoms with Gasteiger partial charge in [-0.15, -0.1) is 0 Å². The number of fused-ring (bicyclic) bond motifs is 1. The molecule has 0 bridgehead atoms. The molecular weight excluding hydrogens is 222 g/mol. The van der Waals surface area contributed by atoms with Crippen LogP contribution in [0, 0.1) is 13.8 Å². The summed E-state index contributed by atoms with van der Waals surface area (Å²) in [5.74, 6) is -0.772. The van der Waals surface area contributed by atoms with Gasteiger partial charge in [0.05, 0.1) is 5.69 Å². The van der Waals surface area contributed by atoms with Crippen molar-refractivity contribution in [2.75, 3.05) is 18.1 Å². The topological polar surface area (TPSA) is 66.8 Å². The zero-order valence-corrected chi connectivity index (χ0v) is 9.69. The molecule has 0 radical (unpaired) electrons. The average molecular weight is 235 g/mol. The lowest BCUT2D eigenvalue weighted by atomic mass is 10.1. The summed E-state index contributed by atoms with van der Waals surface area (Å²) >= 11 is 0. The minimum Gasteiger partial charge on any atom is -0.481 e. The van der Waals surface area contributed by atoms with Gasteiger partial charge < -0.3 is 9.84 Å². The number of rotatable bonds is 2. The Bertz CT molecular complexity index is 496. The smallest absolute Gasteiger partial charge is 0.323 e. The van der Waals surface area contributed by atoms with Crippen LogP contribution >= 0.6 is 0 Å². The summed E-state index contributed by atoms with van der Waals surface area (Å²) in [5, 5.41) is 8.81. The van der Waals surface area contributed by atoms with Crippen LogP contribution in [-0.4, -0.2) is 30.1 Å². The lowest BCUT2D eigenvalue weighted by Gasteiger charge is -2.29. The molecule has 0 saturated carbocycles. The summed E-state index contributed by atoms with van der Waals surface area (Å²) in [5.41, 5.74) is 2.42. The van der Waals surface area contributed by atoms with Crippen LogP contribution in [-0.2, 0) is 9.59 Å². The number of hydrogen-bond donors (Lipinski definition) is 1. The van der Waals surface area contributed by atoms with E-state index in [2.05, 4.69) is 0 Å². The maximum atomic E-state index is 11.7. The van der Waals surface area contributed by atoms with E-state index >= 15 is 0 Å². The van der Waals surface area contributed by atoms with E-state index in [-0.39, 0.29) is 19.1 Å². The highest BCUT2D eigenvalue weighted by molar-refractivity contribution is 6.01. The SMILES string of the molecule is Cc1cc(C)c2c(c1)N(CC(=O)O)C(=O)CO2. The van der Waals surface area contributed by atoms with Crippen LogP contribution in [0.15, 0.2) is 12.1 Å². The van der Waals surface area contributed by atoms with E-state index in [0.29, 0.717) is 11.4 Å². The van der Waals surface area contributed by atoms with Crippen molar-refractivity contribution in [1.29, 1.82) is 0 Å². The Morgan fingerprint density at radius 3 is 2.82 bits per heavy atom. The Kier molecular flexibility index (Phi) is 2.75. The van der Waals surface area contributed by atoms with E-state index in [0.717, 1.165) is 11.1 Å². The molecule has 1 aromatic rings. The number of ether oxygens (including phenoxy) is 1. The van der Waals surface area contributed by atoms with Gasteiger partial charge >= 0.3 is 5.97 Å². The highest BCUT2D eigenvalue weighted by Crippen LogP contribution is 2.35. The van der Waals surface area contributed by atoms with Crippen LogP contribution < -0.4 is 9.64 Å². The van der Waals surface area contributed by atoms with Crippen LogP contribution in [0.2, 0.25) is 0 Å². The fraction of sp³-hybridized carbons (Fsp3) is 0.333. The summed E-state index contributed by atoms with van der Waals surface area (Å²) in [7, 11) is 0. The minimum absolute atomic E-state index is 0.107. The average Bonchev–Trinajstić information content (AvgIpc) is 2.21. The van der Waals surface area contributed by atoms with Gasteiger partial charge in [0.15, 0.2) is 6.61 Å². The molecule has 0 spiro atoms. The monoisotopic (exact) mass is 235 g/mol. The summed E-state index contributed by atoms with van der Waals surface area (Å²) in [4.78, 5) is 23.7. The van der Waals surface area contributed by atoms with Crippen molar-refractivity contribution in [1.82, 2.24) is 0 Å². The Morgan fingerprint density at radius 2 is 2.18 bits per heavy atom. The van der Waals surface area contributed by atoms with Crippen molar-refractivity contribution in [3.63, 3.8) is 0 Å². The van der Waals surface area contributed by atoms with Gasteiger partial charge in [-0.2, -0.15) is 0 Å². The quantitative estimate of drug-likeness (QED) is 0.834. The zero-order valence-electron chi connectivity index (χ0n) is 9.69. The van der Waals surface area contributed by atoms with Crippen molar-refractivity contribution < 1.29 is 19.4 Å². The van der Waals surface area contributed by atoms with E-state index in [1.807, 2.05) is 19.9 Å². The number of benzene rings is 1. The molecule has 1 amide bonds. The third kappa shape index (κ3) is 2.08. The van der Waals surface area contributed by atoms with Gasteiger partial charge in [0.2, 0.25) is 0 Å². The predicted molar refractivity (Wildman–Crippen MR) is 61.4 cm³/mol. The van der Waals surface area contributed by atoms with Crippen LogP contribution in [0.5, 0.6) is 5.75 Å². The molecule has 0 aliphatic carbocycles. The predicted octanol–water partition coefficient (Wildman–Crippen LogP) is 1.11. The molecule has 5 heteroatoms. The maximum absolute atomic E-state index is 11.7. The second-order valence-corrected chi connectivity index (χ2v) is 4.09. The van der Waals surface area contributed by atoms with Crippen molar-refractivity contribution >= 4 is 17.6 Å². The first-order valence-corrected chi connectivity index (χ1v) is 5.25. The van der Waals surface area contributed by atoms with Crippen LogP contribution in [0.1, 0.15) is 11.1 Å². The Morgan fingerprint density at radius 1 is 1.47 bits per heavy atom. The lowest BCUT2D eigenvalue weighted by Crippen LogP contribution is -2.42. The summed E-state index contributed by atoms with van der Waals surface area (Å²) in [6.45, 7) is 3.33. The third-order valence-electron chi connectivity index (χ3n) is 2.62. The standard InChI is InChI=1S/C12H13NO4/c1-7-3-8(2)12-9(4-7)13(5-11(15)16)10(14)6-17-12/h3-4H,5-6H2,1-2H3,(H,15,16). The van der Waals surface area contributed by atoms with Gasteiger partial charge in [-0.05, 0) is 31.0 Å². The molecule has 0 saturated heterocycles. The first kappa shape index (κ1) is 11.4. The zero-order chi connectivity index (χ0) is 12.6. The number of carboxylic acid groups (broad SMARTS) is 1. The van der Waals surface area contributed by atoms with Crippen molar-refractivity contribution in [3.8, 4) is 5.75 Å². The molecule has 2 rings (SSSR count). The lowest BCUT2D eigenvalue weighted by molar-refractivity contribution is -0.137. The van der Waals surface area contributed by atoms with Gasteiger partial charge in [0.1, 0.15) is 12.3 Å². The van der Waals surface area contributed by atoms with Gasteiger partial charge in [0, 0.05) is 0 Å². The molecule has 1 N–H and O–H groups in total. The van der Waals surface area contributed by atoms with Gasteiger partial charge in [0.25, 0.3) is 5.91 Å². The summed E-state index contributed by atoms with van der Waals surface area (Å²) < 4.78 is 5.35. The molecule has 1 heterocycles. The minimum atomic E-state index is -1.04. The van der Waals surface area contributed by atoms with Crippen LogP contribution in [0.3, 0.4) is 0 Å². The molecular formula is C12H13NO4. The van der Waals surface area contributed by atoms with Crippen molar-refractivity contribution in [2.45, 2.75) is 13.8 Å². The number of carboxylic acids is 1. The number of nitrogens with zero attached hydrogens (tertiary/aromatic N) is 1.